The Morgan fingerprint density at radius 3 is 2.82 bits per heavy atom. The Kier molecular flexibility index (Phi) is 6.05. The lowest BCUT2D eigenvalue weighted by Gasteiger charge is -2.24. The Hall–Kier alpha value is -2.78. The zero-order valence-corrected chi connectivity index (χ0v) is 16.9. The van der Waals surface area contributed by atoms with E-state index < -0.39 is 11.2 Å². The van der Waals surface area contributed by atoms with Crippen LogP contribution in [0, 0.1) is 0 Å². The summed E-state index contributed by atoms with van der Waals surface area (Å²) in [6, 6.07) is 3.56. The maximum absolute atomic E-state index is 12.6. The standard InChI is InChI=1S/C19H23N5O3S/c1-4-6-24-16-14(18(26)22-19(24)27)8-13(9-20-16)17(25)21-10-15(23(2)3)12-5-7-28-11-12/h5,7-9,11,15H,4,6,10H2,1-3H3,(H,21,25)(H,22,26,27). The molecule has 0 aliphatic rings. The van der Waals surface area contributed by atoms with Crippen LogP contribution in [0.1, 0.15) is 35.3 Å². The minimum Gasteiger partial charge on any atom is -0.350 e. The lowest BCUT2D eigenvalue weighted by atomic mass is 10.1. The molecule has 0 aromatic carbocycles. The smallest absolute Gasteiger partial charge is 0.329 e. The van der Waals surface area contributed by atoms with Crippen molar-refractivity contribution in [2.24, 2.45) is 0 Å². The van der Waals surface area contributed by atoms with Crippen LogP contribution in [0.15, 0.2) is 38.7 Å². The van der Waals surface area contributed by atoms with Gasteiger partial charge in [-0.2, -0.15) is 11.3 Å². The Bertz CT molecular complexity index is 1090. The number of thiophene rings is 1. The van der Waals surface area contributed by atoms with Gasteiger partial charge in [0.1, 0.15) is 5.65 Å². The minimum atomic E-state index is -0.543. The number of likely N-dealkylation sites (N-methyl/N-ethyl adjacent to an activating group) is 1. The van der Waals surface area contributed by atoms with E-state index in [0.29, 0.717) is 13.1 Å². The third-order valence-corrected chi connectivity index (χ3v) is 5.25. The van der Waals surface area contributed by atoms with Gasteiger partial charge in [-0.05, 0) is 49.0 Å². The predicted molar refractivity (Wildman–Crippen MR) is 110 cm³/mol. The summed E-state index contributed by atoms with van der Waals surface area (Å²) >= 11 is 1.61. The number of hydrogen-bond acceptors (Lipinski definition) is 6. The van der Waals surface area contributed by atoms with Crippen molar-refractivity contribution >= 4 is 28.3 Å². The number of hydrogen-bond donors (Lipinski definition) is 2. The average molecular weight is 401 g/mol. The van der Waals surface area contributed by atoms with Crippen LogP contribution in [0.25, 0.3) is 11.0 Å². The van der Waals surface area contributed by atoms with Crippen molar-refractivity contribution in [3.05, 3.63) is 61.1 Å². The van der Waals surface area contributed by atoms with Gasteiger partial charge in [0.05, 0.1) is 17.0 Å². The van der Waals surface area contributed by atoms with Gasteiger partial charge >= 0.3 is 5.69 Å². The molecule has 3 rings (SSSR count). The summed E-state index contributed by atoms with van der Waals surface area (Å²) in [5, 5.41) is 7.19. The Morgan fingerprint density at radius 1 is 1.39 bits per heavy atom. The number of nitrogens with one attached hydrogen (secondary N) is 2. The highest BCUT2D eigenvalue weighted by molar-refractivity contribution is 7.07. The molecule has 9 heteroatoms. The number of fused-ring (bicyclic) bond motifs is 1. The second kappa shape index (κ2) is 8.49. The molecule has 8 nitrogen and oxygen atoms in total. The van der Waals surface area contributed by atoms with Crippen molar-refractivity contribution in [2.75, 3.05) is 20.6 Å². The summed E-state index contributed by atoms with van der Waals surface area (Å²) in [5.74, 6) is -0.316. The van der Waals surface area contributed by atoms with Gasteiger partial charge in [0.2, 0.25) is 0 Å². The van der Waals surface area contributed by atoms with E-state index in [1.54, 1.807) is 11.3 Å². The van der Waals surface area contributed by atoms with Crippen LogP contribution in [0.2, 0.25) is 0 Å². The molecule has 0 saturated carbocycles. The first-order chi connectivity index (χ1) is 13.4. The number of aromatic amines is 1. The molecule has 28 heavy (non-hydrogen) atoms. The fourth-order valence-corrected chi connectivity index (χ4v) is 3.78. The van der Waals surface area contributed by atoms with Crippen LogP contribution in [0.4, 0.5) is 0 Å². The Morgan fingerprint density at radius 2 is 2.18 bits per heavy atom. The van der Waals surface area contributed by atoms with E-state index in [1.807, 2.05) is 37.4 Å². The zero-order valence-electron chi connectivity index (χ0n) is 16.1. The normalized spacial score (nSPS) is 12.4. The van der Waals surface area contributed by atoms with E-state index in [-0.39, 0.29) is 28.5 Å². The minimum absolute atomic E-state index is 0.0433. The van der Waals surface area contributed by atoms with Gasteiger partial charge in [-0.3, -0.25) is 19.1 Å². The first-order valence-corrected chi connectivity index (χ1v) is 9.96. The van der Waals surface area contributed by atoms with E-state index in [1.165, 1.54) is 16.8 Å². The van der Waals surface area contributed by atoms with Gasteiger partial charge < -0.3 is 10.2 Å². The Labute approximate surface area is 165 Å². The van der Waals surface area contributed by atoms with Crippen LogP contribution in [0.5, 0.6) is 0 Å². The number of nitrogens with zero attached hydrogens (tertiary/aromatic N) is 3. The first-order valence-electron chi connectivity index (χ1n) is 9.02. The predicted octanol–water partition coefficient (Wildman–Crippen LogP) is 1.59. The topological polar surface area (TPSA) is 100 Å². The molecule has 1 amide bonds. The fourth-order valence-electron chi connectivity index (χ4n) is 3.08. The molecule has 0 spiro atoms. The van der Waals surface area contributed by atoms with E-state index in [9.17, 15) is 14.4 Å². The molecular weight excluding hydrogens is 378 g/mol. The fraction of sp³-hybridized carbons (Fsp3) is 0.368. The summed E-state index contributed by atoms with van der Waals surface area (Å²) in [7, 11) is 3.91. The van der Waals surface area contributed by atoms with E-state index in [2.05, 4.69) is 20.7 Å². The lowest BCUT2D eigenvalue weighted by Crippen LogP contribution is -2.35. The second-order valence-corrected chi connectivity index (χ2v) is 7.53. The maximum Gasteiger partial charge on any atom is 0.329 e. The van der Waals surface area contributed by atoms with Crippen molar-refractivity contribution in [1.82, 2.24) is 24.8 Å². The first kappa shape index (κ1) is 20.0. The summed E-state index contributed by atoms with van der Waals surface area (Å²) in [6.45, 7) is 2.79. The van der Waals surface area contributed by atoms with Crippen molar-refractivity contribution in [3.63, 3.8) is 0 Å². The third kappa shape index (κ3) is 4.05. The van der Waals surface area contributed by atoms with Gasteiger partial charge in [0.25, 0.3) is 11.5 Å². The molecule has 0 aliphatic heterocycles. The second-order valence-electron chi connectivity index (χ2n) is 6.75. The molecule has 0 saturated heterocycles. The summed E-state index contributed by atoms with van der Waals surface area (Å²) in [5.41, 5.74) is 0.665. The third-order valence-electron chi connectivity index (χ3n) is 4.55. The SMILES string of the molecule is CCCn1c(=O)[nH]c(=O)c2cc(C(=O)NCC(c3ccsc3)N(C)C)cnc21. The molecule has 3 aromatic rings. The maximum atomic E-state index is 12.6. The Balaban J connectivity index is 1.86. The highest BCUT2D eigenvalue weighted by Crippen LogP contribution is 2.20. The van der Waals surface area contributed by atoms with Crippen LogP contribution in [-0.2, 0) is 6.54 Å². The van der Waals surface area contributed by atoms with Crippen LogP contribution < -0.4 is 16.6 Å². The van der Waals surface area contributed by atoms with Crippen molar-refractivity contribution < 1.29 is 4.79 Å². The van der Waals surface area contributed by atoms with E-state index in [0.717, 1.165) is 12.0 Å². The number of carbonyl (C=O) groups is 1. The van der Waals surface area contributed by atoms with Gasteiger partial charge in [-0.1, -0.05) is 6.92 Å². The molecule has 3 aromatic heterocycles. The summed E-state index contributed by atoms with van der Waals surface area (Å²) < 4.78 is 1.41. The molecule has 2 N–H and O–H groups in total. The molecule has 1 unspecified atom stereocenters. The molecule has 0 radical (unpaired) electrons. The van der Waals surface area contributed by atoms with Gasteiger partial charge in [0.15, 0.2) is 0 Å². The number of pyridine rings is 1. The quantitative estimate of drug-likeness (QED) is 0.626. The van der Waals surface area contributed by atoms with E-state index >= 15 is 0 Å². The summed E-state index contributed by atoms with van der Waals surface area (Å²) in [6.07, 6.45) is 2.12. The van der Waals surface area contributed by atoms with Crippen molar-refractivity contribution in [2.45, 2.75) is 25.9 Å². The van der Waals surface area contributed by atoms with Gasteiger partial charge in [-0.25, -0.2) is 9.78 Å². The van der Waals surface area contributed by atoms with Gasteiger partial charge in [0, 0.05) is 19.3 Å². The van der Waals surface area contributed by atoms with Crippen LogP contribution >= 0.6 is 11.3 Å². The largest absolute Gasteiger partial charge is 0.350 e. The number of aryl methyl sites for hydroxylation is 1. The molecular formula is C19H23N5O3S. The van der Waals surface area contributed by atoms with Crippen molar-refractivity contribution in [1.29, 1.82) is 0 Å². The van der Waals surface area contributed by atoms with Gasteiger partial charge in [-0.15, -0.1) is 0 Å². The van der Waals surface area contributed by atoms with Crippen LogP contribution in [0.3, 0.4) is 0 Å². The number of H-pyrrole nitrogens is 1. The molecule has 1 atom stereocenters. The van der Waals surface area contributed by atoms with Crippen molar-refractivity contribution in [3.8, 4) is 0 Å². The monoisotopic (exact) mass is 401 g/mol. The highest BCUT2D eigenvalue weighted by atomic mass is 32.1. The molecule has 0 aliphatic carbocycles. The average Bonchev–Trinajstić information content (AvgIpc) is 3.19. The number of rotatable bonds is 7. The molecule has 0 bridgehead atoms. The number of carbonyl (C=O) groups excluding carboxylic acids is 1. The molecule has 0 fully saturated rings. The summed E-state index contributed by atoms with van der Waals surface area (Å²) in [4.78, 5) is 45.4. The number of amides is 1. The lowest BCUT2D eigenvalue weighted by molar-refractivity contribution is 0.0941. The van der Waals surface area contributed by atoms with Crippen LogP contribution in [-0.4, -0.2) is 46.0 Å². The zero-order chi connectivity index (χ0) is 20.3. The highest BCUT2D eigenvalue weighted by Gasteiger charge is 2.17. The molecule has 3 heterocycles. The van der Waals surface area contributed by atoms with E-state index in [4.69, 9.17) is 0 Å². The molecule has 148 valence electrons. The number of aromatic nitrogens is 3.